The molecule has 0 saturated carbocycles. The van der Waals surface area contributed by atoms with E-state index in [-0.39, 0.29) is 0 Å². The van der Waals surface area contributed by atoms with E-state index in [0.29, 0.717) is 6.04 Å². The molecule has 1 aromatic heterocycles. The van der Waals surface area contributed by atoms with Crippen LogP contribution in [0.2, 0.25) is 0 Å². The van der Waals surface area contributed by atoms with Gasteiger partial charge in [0.25, 0.3) is 0 Å². The Morgan fingerprint density at radius 2 is 1.82 bits per heavy atom. The fourth-order valence-corrected chi connectivity index (χ4v) is 3.22. The van der Waals surface area contributed by atoms with Gasteiger partial charge < -0.3 is 5.32 Å². The smallest absolute Gasteiger partial charge is 0.0671 e. The van der Waals surface area contributed by atoms with Gasteiger partial charge in [0.15, 0.2) is 0 Å². The van der Waals surface area contributed by atoms with Crippen molar-refractivity contribution in [3.8, 4) is 0 Å². The highest BCUT2D eigenvalue weighted by Crippen LogP contribution is 2.30. The number of aryl methyl sites for hydroxylation is 3. The van der Waals surface area contributed by atoms with Crippen molar-refractivity contribution in [3.05, 3.63) is 56.8 Å². The maximum Gasteiger partial charge on any atom is 0.0671 e. The Morgan fingerprint density at radius 3 is 2.35 bits per heavy atom. The fourth-order valence-electron chi connectivity index (χ4n) is 2.21. The fraction of sp³-hybridized carbons (Fsp3) is 0.333. The lowest BCUT2D eigenvalue weighted by Crippen LogP contribution is -2.17. The van der Waals surface area contributed by atoms with Crippen molar-refractivity contribution < 1.29 is 0 Å². The van der Waals surface area contributed by atoms with E-state index >= 15 is 0 Å². The van der Waals surface area contributed by atoms with Gasteiger partial charge in [-0.25, -0.2) is 0 Å². The molecule has 2 heteroatoms. The van der Waals surface area contributed by atoms with Gasteiger partial charge in [-0.1, -0.05) is 23.8 Å². The molecule has 1 unspecified atom stereocenters. The standard InChI is InChI=1S/C15H19NS/c1-10-5-7-13(11(2)9-10)15(16-4)14-8-6-12(3)17-14/h5-9,15-16H,1-4H3. The van der Waals surface area contributed by atoms with E-state index in [1.54, 1.807) is 0 Å². The third-order valence-electron chi connectivity index (χ3n) is 3.07. The van der Waals surface area contributed by atoms with Gasteiger partial charge in [0.05, 0.1) is 6.04 Å². The van der Waals surface area contributed by atoms with Crippen LogP contribution in [-0.4, -0.2) is 7.05 Å². The molecule has 0 aliphatic carbocycles. The number of benzene rings is 1. The van der Waals surface area contributed by atoms with Crippen molar-refractivity contribution >= 4 is 11.3 Å². The lowest BCUT2D eigenvalue weighted by atomic mass is 9.98. The first-order valence-corrected chi connectivity index (χ1v) is 6.74. The van der Waals surface area contributed by atoms with Gasteiger partial charge in [-0.3, -0.25) is 0 Å². The first kappa shape index (κ1) is 12.3. The summed E-state index contributed by atoms with van der Waals surface area (Å²) < 4.78 is 0. The highest BCUT2D eigenvalue weighted by molar-refractivity contribution is 7.12. The average molecular weight is 245 g/mol. The molecule has 0 bridgehead atoms. The highest BCUT2D eigenvalue weighted by Gasteiger charge is 2.15. The van der Waals surface area contributed by atoms with Gasteiger partial charge in [0.2, 0.25) is 0 Å². The third-order valence-corrected chi connectivity index (χ3v) is 4.14. The number of hydrogen-bond acceptors (Lipinski definition) is 2. The topological polar surface area (TPSA) is 12.0 Å². The minimum atomic E-state index is 0.314. The predicted octanol–water partition coefficient (Wildman–Crippen LogP) is 3.98. The van der Waals surface area contributed by atoms with Gasteiger partial charge in [-0.2, -0.15) is 0 Å². The maximum absolute atomic E-state index is 3.42. The molecule has 1 N–H and O–H groups in total. The molecule has 1 heterocycles. The van der Waals surface area contributed by atoms with E-state index in [9.17, 15) is 0 Å². The van der Waals surface area contributed by atoms with Gasteiger partial charge in [0.1, 0.15) is 0 Å². The van der Waals surface area contributed by atoms with Crippen LogP contribution in [0.4, 0.5) is 0 Å². The van der Waals surface area contributed by atoms with E-state index in [4.69, 9.17) is 0 Å². The molecular weight excluding hydrogens is 226 g/mol. The Bertz CT molecular complexity index is 513. The van der Waals surface area contributed by atoms with Gasteiger partial charge >= 0.3 is 0 Å². The Balaban J connectivity index is 2.42. The molecule has 0 amide bonds. The van der Waals surface area contributed by atoms with Crippen LogP contribution in [-0.2, 0) is 0 Å². The summed E-state index contributed by atoms with van der Waals surface area (Å²) in [5.41, 5.74) is 4.05. The Labute approximate surface area is 108 Å². The summed E-state index contributed by atoms with van der Waals surface area (Å²) in [5, 5.41) is 3.42. The minimum Gasteiger partial charge on any atom is -0.309 e. The molecule has 0 spiro atoms. The van der Waals surface area contributed by atoms with Crippen LogP contribution in [0.1, 0.15) is 32.5 Å². The summed E-state index contributed by atoms with van der Waals surface area (Å²) in [5.74, 6) is 0. The van der Waals surface area contributed by atoms with Crippen molar-refractivity contribution in [1.29, 1.82) is 0 Å². The molecule has 1 nitrogen and oxygen atoms in total. The summed E-state index contributed by atoms with van der Waals surface area (Å²) in [6.45, 7) is 6.48. The summed E-state index contributed by atoms with van der Waals surface area (Å²) in [4.78, 5) is 2.75. The molecule has 0 aliphatic rings. The van der Waals surface area contributed by atoms with Crippen LogP contribution < -0.4 is 5.32 Å². The minimum absolute atomic E-state index is 0.314. The third kappa shape index (κ3) is 2.59. The van der Waals surface area contributed by atoms with Gasteiger partial charge in [0, 0.05) is 9.75 Å². The summed E-state index contributed by atoms with van der Waals surface area (Å²) in [6.07, 6.45) is 0. The molecule has 0 radical (unpaired) electrons. The van der Waals surface area contributed by atoms with Crippen molar-refractivity contribution in [3.63, 3.8) is 0 Å². The first-order valence-electron chi connectivity index (χ1n) is 5.92. The summed E-state index contributed by atoms with van der Waals surface area (Å²) >= 11 is 1.87. The number of hydrogen-bond donors (Lipinski definition) is 1. The molecule has 0 saturated heterocycles. The second-order valence-corrected chi connectivity index (χ2v) is 5.85. The lowest BCUT2D eigenvalue weighted by molar-refractivity contribution is 0.699. The SMILES string of the molecule is CNC(c1ccc(C)s1)c1ccc(C)cc1C. The van der Waals surface area contributed by atoms with Crippen LogP contribution in [0.3, 0.4) is 0 Å². The first-order chi connectivity index (χ1) is 8.11. The van der Waals surface area contributed by atoms with E-state index in [0.717, 1.165) is 0 Å². The second kappa shape index (κ2) is 5.03. The Hall–Kier alpha value is -1.12. The molecule has 0 aliphatic heterocycles. The zero-order valence-electron chi connectivity index (χ0n) is 10.9. The van der Waals surface area contributed by atoms with Crippen molar-refractivity contribution in [1.82, 2.24) is 5.32 Å². The van der Waals surface area contributed by atoms with Gasteiger partial charge in [-0.05, 0) is 51.1 Å². The molecular formula is C15H19NS. The van der Waals surface area contributed by atoms with Crippen LogP contribution in [0.15, 0.2) is 30.3 Å². The van der Waals surface area contributed by atoms with Crippen molar-refractivity contribution in [2.45, 2.75) is 26.8 Å². The quantitative estimate of drug-likeness (QED) is 0.862. The molecule has 0 fully saturated rings. The zero-order chi connectivity index (χ0) is 12.4. The van der Waals surface area contributed by atoms with Crippen LogP contribution in [0.5, 0.6) is 0 Å². The summed E-state index contributed by atoms with van der Waals surface area (Å²) in [6, 6.07) is 11.4. The number of thiophene rings is 1. The predicted molar refractivity (Wildman–Crippen MR) is 75.9 cm³/mol. The van der Waals surface area contributed by atoms with Gasteiger partial charge in [-0.15, -0.1) is 11.3 Å². The zero-order valence-corrected chi connectivity index (χ0v) is 11.7. The Kier molecular flexibility index (Phi) is 3.65. The second-order valence-electron chi connectivity index (χ2n) is 4.53. The van der Waals surface area contributed by atoms with Crippen molar-refractivity contribution in [2.75, 3.05) is 7.05 Å². The highest BCUT2D eigenvalue weighted by atomic mass is 32.1. The van der Waals surface area contributed by atoms with Crippen molar-refractivity contribution in [2.24, 2.45) is 0 Å². The molecule has 2 aromatic rings. The average Bonchev–Trinajstić information content (AvgIpc) is 2.69. The number of nitrogens with one attached hydrogen (secondary N) is 1. The Morgan fingerprint density at radius 1 is 1.06 bits per heavy atom. The molecule has 1 aromatic carbocycles. The molecule has 2 rings (SSSR count). The molecule has 90 valence electrons. The summed E-state index contributed by atoms with van der Waals surface area (Å²) in [7, 11) is 2.03. The van der Waals surface area contributed by atoms with Crippen LogP contribution in [0.25, 0.3) is 0 Å². The normalized spacial score (nSPS) is 12.7. The van der Waals surface area contributed by atoms with E-state index < -0.39 is 0 Å². The van der Waals surface area contributed by atoms with E-state index in [1.807, 2.05) is 18.4 Å². The van der Waals surface area contributed by atoms with Crippen LogP contribution in [0, 0.1) is 20.8 Å². The van der Waals surface area contributed by atoms with E-state index in [1.165, 1.54) is 26.4 Å². The monoisotopic (exact) mass is 245 g/mol. The largest absolute Gasteiger partial charge is 0.309 e. The molecule has 17 heavy (non-hydrogen) atoms. The number of rotatable bonds is 3. The van der Waals surface area contributed by atoms with E-state index in [2.05, 4.69) is 56.4 Å². The maximum atomic E-state index is 3.42. The molecule has 1 atom stereocenters. The van der Waals surface area contributed by atoms with Crippen LogP contribution >= 0.6 is 11.3 Å². The lowest BCUT2D eigenvalue weighted by Gasteiger charge is -2.18.